The quantitative estimate of drug-likeness (QED) is 0.640. The van der Waals surface area contributed by atoms with Gasteiger partial charge in [-0.15, -0.1) is 10.2 Å². The number of aryl methyl sites for hydroxylation is 1. The lowest BCUT2D eigenvalue weighted by atomic mass is 10.1. The van der Waals surface area contributed by atoms with Crippen molar-refractivity contribution in [1.29, 1.82) is 0 Å². The molecule has 3 rings (SSSR count). The van der Waals surface area contributed by atoms with Gasteiger partial charge in [0.25, 0.3) is 0 Å². The number of carbonyl (C=O) groups is 1. The van der Waals surface area contributed by atoms with Crippen molar-refractivity contribution in [2.75, 3.05) is 11.1 Å². The van der Waals surface area contributed by atoms with Crippen LogP contribution in [0, 0.1) is 18.6 Å². The Balaban J connectivity index is 1.73. The van der Waals surface area contributed by atoms with Crippen molar-refractivity contribution in [2.45, 2.75) is 25.5 Å². The molecule has 0 aliphatic carbocycles. The van der Waals surface area contributed by atoms with Crippen LogP contribution in [0.2, 0.25) is 0 Å². The van der Waals surface area contributed by atoms with Crippen LogP contribution in [0.5, 0.6) is 0 Å². The van der Waals surface area contributed by atoms with E-state index in [1.165, 1.54) is 6.07 Å². The molecule has 27 heavy (non-hydrogen) atoms. The maximum absolute atomic E-state index is 13.6. The summed E-state index contributed by atoms with van der Waals surface area (Å²) in [5.41, 5.74) is 1.60. The minimum absolute atomic E-state index is 0.0420. The standard InChI is InChI=1S/C19H18F2N4OS/c1-3-25-18(13-8-5-4-7-12(13)2)23-24-19(25)27-11-16(26)22-17-14(20)9-6-10-15(17)21/h4-10H,3,11H2,1-2H3,(H,22,26). The smallest absolute Gasteiger partial charge is 0.235 e. The fraction of sp³-hybridized carbons (Fsp3) is 0.211. The molecule has 0 bridgehead atoms. The molecular weight excluding hydrogens is 370 g/mol. The molecule has 3 aromatic rings. The average Bonchev–Trinajstić information content (AvgIpc) is 3.06. The molecule has 140 valence electrons. The number of carbonyl (C=O) groups excluding carboxylic acids is 1. The van der Waals surface area contributed by atoms with E-state index in [0.717, 1.165) is 40.8 Å². The molecule has 2 aromatic carbocycles. The monoisotopic (exact) mass is 388 g/mol. The number of anilines is 1. The van der Waals surface area contributed by atoms with Gasteiger partial charge in [-0.2, -0.15) is 0 Å². The van der Waals surface area contributed by atoms with Crippen molar-refractivity contribution < 1.29 is 13.6 Å². The van der Waals surface area contributed by atoms with Gasteiger partial charge in [0, 0.05) is 12.1 Å². The summed E-state index contributed by atoms with van der Waals surface area (Å²) in [7, 11) is 0. The Bertz CT molecular complexity index is 954. The third-order valence-corrected chi connectivity index (χ3v) is 4.95. The highest BCUT2D eigenvalue weighted by molar-refractivity contribution is 7.99. The maximum Gasteiger partial charge on any atom is 0.235 e. The first kappa shape index (κ1) is 19.0. The van der Waals surface area contributed by atoms with E-state index >= 15 is 0 Å². The highest BCUT2D eigenvalue weighted by atomic mass is 32.2. The second kappa shape index (κ2) is 8.30. The fourth-order valence-corrected chi connectivity index (χ4v) is 3.43. The number of amides is 1. The number of halogens is 2. The number of hydrogen-bond acceptors (Lipinski definition) is 4. The largest absolute Gasteiger partial charge is 0.320 e. The molecule has 0 saturated heterocycles. The zero-order valence-electron chi connectivity index (χ0n) is 14.9. The number of aromatic nitrogens is 3. The third-order valence-electron chi connectivity index (χ3n) is 3.98. The van der Waals surface area contributed by atoms with Crippen LogP contribution in [0.15, 0.2) is 47.6 Å². The molecule has 0 fully saturated rings. The first-order valence-electron chi connectivity index (χ1n) is 8.37. The van der Waals surface area contributed by atoms with Crippen LogP contribution >= 0.6 is 11.8 Å². The summed E-state index contributed by atoms with van der Waals surface area (Å²) >= 11 is 1.16. The van der Waals surface area contributed by atoms with Gasteiger partial charge in [-0.1, -0.05) is 42.1 Å². The number of thioether (sulfide) groups is 1. The fourth-order valence-electron chi connectivity index (χ4n) is 2.63. The molecule has 0 aliphatic heterocycles. The number of para-hydroxylation sites is 1. The van der Waals surface area contributed by atoms with E-state index < -0.39 is 23.2 Å². The normalized spacial score (nSPS) is 10.8. The molecule has 0 unspecified atom stereocenters. The number of hydrogen-bond donors (Lipinski definition) is 1. The van der Waals surface area contributed by atoms with Crippen molar-refractivity contribution in [1.82, 2.24) is 14.8 Å². The number of rotatable bonds is 6. The minimum atomic E-state index is -0.813. The predicted octanol–water partition coefficient (Wildman–Crippen LogP) is 4.28. The molecule has 1 aromatic heterocycles. The highest BCUT2D eigenvalue weighted by Crippen LogP contribution is 2.26. The summed E-state index contributed by atoms with van der Waals surface area (Å²) in [5, 5.41) is 11.3. The average molecular weight is 388 g/mol. The molecule has 1 amide bonds. The van der Waals surface area contributed by atoms with Gasteiger partial charge in [0.15, 0.2) is 11.0 Å². The molecule has 0 atom stereocenters. The van der Waals surface area contributed by atoms with Crippen LogP contribution in [0.1, 0.15) is 12.5 Å². The molecule has 1 N–H and O–H groups in total. The lowest BCUT2D eigenvalue weighted by molar-refractivity contribution is -0.113. The Morgan fingerprint density at radius 1 is 1.11 bits per heavy atom. The first-order valence-corrected chi connectivity index (χ1v) is 9.35. The van der Waals surface area contributed by atoms with Crippen molar-refractivity contribution in [2.24, 2.45) is 0 Å². The van der Waals surface area contributed by atoms with Gasteiger partial charge in [0.2, 0.25) is 5.91 Å². The number of benzene rings is 2. The van der Waals surface area contributed by atoms with E-state index in [2.05, 4.69) is 15.5 Å². The summed E-state index contributed by atoms with van der Waals surface area (Å²) < 4.78 is 29.2. The molecule has 1 heterocycles. The van der Waals surface area contributed by atoms with Crippen LogP contribution in [-0.2, 0) is 11.3 Å². The topological polar surface area (TPSA) is 59.8 Å². The van der Waals surface area contributed by atoms with Gasteiger partial charge < -0.3 is 9.88 Å². The summed E-state index contributed by atoms with van der Waals surface area (Å²) in [6.07, 6.45) is 0. The van der Waals surface area contributed by atoms with Gasteiger partial charge in [-0.05, 0) is 31.5 Å². The summed E-state index contributed by atoms with van der Waals surface area (Å²) in [6.45, 7) is 4.58. The summed E-state index contributed by atoms with van der Waals surface area (Å²) in [4.78, 5) is 12.1. The minimum Gasteiger partial charge on any atom is -0.320 e. The second-order valence-corrected chi connectivity index (χ2v) is 6.74. The van der Waals surface area contributed by atoms with Gasteiger partial charge in [-0.3, -0.25) is 4.79 Å². The second-order valence-electron chi connectivity index (χ2n) is 5.80. The molecule has 0 saturated carbocycles. The van der Waals surface area contributed by atoms with Crippen molar-refractivity contribution in [3.05, 3.63) is 59.7 Å². The summed E-state index contributed by atoms with van der Waals surface area (Å²) in [6, 6.07) is 11.3. The van der Waals surface area contributed by atoms with Crippen LogP contribution in [0.3, 0.4) is 0 Å². The van der Waals surface area contributed by atoms with E-state index in [4.69, 9.17) is 0 Å². The Kier molecular flexibility index (Phi) is 5.85. The third kappa shape index (κ3) is 4.16. The number of nitrogens with one attached hydrogen (secondary N) is 1. The first-order chi connectivity index (χ1) is 13.0. The lowest BCUT2D eigenvalue weighted by Gasteiger charge is -2.10. The molecular formula is C19H18F2N4OS. The molecule has 0 radical (unpaired) electrons. The Morgan fingerprint density at radius 2 is 1.81 bits per heavy atom. The van der Waals surface area contributed by atoms with Crippen LogP contribution in [-0.4, -0.2) is 26.4 Å². The van der Waals surface area contributed by atoms with E-state index in [-0.39, 0.29) is 5.75 Å². The predicted molar refractivity (Wildman–Crippen MR) is 102 cm³/mol. The van der Waals surface area contributed by atoms with Crippen molar-refractivity contribution >= 4 is 23.4 Å². The van der Waals surface area contributed by atoms with E-state index in [1.54, 1.807) is 0 Å². The highest BCUT2D eigenvalue weighted by Gasteiger charge is 2.17. The van der Waals surface area contributed by atoms with Crippen LogP contribution in [0.25, 0.3) is 11.4 Å². The summed E-state index contributed by atoms with van der Waals surface area (Å²) in [5.74, 6) is -1.47. The Morgan fingerprint density at radius 3 is 2.48 bits per heavy atom. The number of nitrogens with zero attached hydrogens (tertiary/aromatic N) is 3. The maximum atomic E-state index is 13.6. The Labute approximate surface area is 159 Å². The molecule has 0 aliphatic rings. The SMILES string of the molecule is CCn1c(SCC(=O)Nc2c(F)cccc2F)nnc1-c1ccccc1C. The molecule has 5 nitrogen and oxygen atoms in total. The van der Waals surface area contributed by atoms with Crippen LogP contribution in [0.4, 0.5) is 14.5 Å². The Hall–Kier alpha value is -2.74. The zero-order valence-corrected chi connectivity index (χ0v) is 15.7. The van der Waals surface area contributed by atoms with Gasteiger partial charge in [0.05, 0.1) is 5.75 Å². The van der Waals surface area contributed by atoms with Crippen LogP contribution < -0.4 is 5.32 Å². The molecule has 0 spiro atoms. The zero-order chi connectivity index (χ0) is 19.4. The van der Waals surface area contributed by atoms with E-state index in [0.29, 0.717) is 11.7 Å². The molecule has 8 heteroatoms. The van der Waals surface area contributed by atoms with Crippen molar-refractivity contribution in [3.63, 3.8) is 0 Å². The van der Waals surface area contributed by atoms with Crippen molar-refractivity contribution in [3.8, 4) is 11.4 Å². The van der Waals surface area contributed by atoms with Gasteiger partial charge >= 0.3 is 0 Å². The van der Waals surface area contributed by atoms with Gasteiger partial charge in [0.1, 0.15) is 17.3 Å². The van der Waals surface area contributed by atoms with E-state index in [9.17, 15) is 13.6 Å². The van der Waals surface area contributed by atoms with Gasteiger partial charge in [-0.25, -0.2) is 8.78 Å². The van der Waals surface area contributed by atoms with E-state index in [1.807, 2.05) is 42.7 Å². The lowest BCUT2D eigenvalue weighted by Crippen LogP contribution is -2.16.